The third-order valence-corrected chi connectivity index (χ3v) is 3.23. The second-order valence-electron chi connectivity index (χ2n) is 4.84. The zero-order chi connectivity index (χ0) is 14.0. The minimum atomic E-state index is -1.03. The smallest absolute Gasteiger partial charge is 0.335 e. The molecule has 1 aromatic carbocycles. The quantitative estimate of drug-likeness (QED) is 0.880. The molecule has 1 N–H and O–H groups in total. The maximum Gasteiger partial charge on any atom is 0.335 e. The third kappa shape index (κ3) is 2.93. The molecule has 1 aliphatic heterocycles. The van der Waals surface area contributed by atoms with Crippen molar-refractivity contribution in [1.29, 1.82) is 0 Å². The number of rotatable bonds is 2. The van der Waals surface area contributed by atoms with Gasteiger partial charge in [0.1, 0.15) is 0 Å². The van der Waals surface area contributed by atoms with Gasteiger partial charge in [0.15, 0.2) is 0 Å². The van der Waals surface area contributed by atoms with Gasteiger partial charge in [0.25, 0.3) is 5.91 Å². The summed E-state index contributed by atoms with van der Waals surface area (Å²) in [5.41, 5.74) is 0.528. The van der Waals surface area contributed by atoms with E-state index in [1.54, 1.807) is 17.0 Å². The molecule has 0 aromatic heterocycles. The van der Waals surface area contributed by atoms with Gasteiger partial charge >= 0.3 is 5.97 Å². The molecule has 2 rings (SSSR count). The molecule has 2 atom stereocenters. The van der Waals surface area contributed by atoms with Crippen molar-refractivity contribution in [3.63, 3.8) is 0 Å². The molecule has 5 nitrogen and oxygen atoms in total. The molecule has 1 aromatic rings. The minimum Gasteiger partial charge on any atom is -0.478 e. The van der Waals surface area contributed by atoms with Gasteiger partial charge in [-0.15, -0.1) is 0 Å². The molecule has 102 valence electrons. The first kappa shape index (κ1) is 13.5. The van der Waals surface area contributed by atoms with Gasteiger partial charge in [-0.25, -0.2) is 4.79 Å². The molecule has 5 heteroatoms. The fourth-order valence-corrected chi connectivity index (χ4v) is 2.14. The second kappa shape index (κ2) is 5.40. The number of carboxylic acids is 1. The van der Waals surface area contributed by atoms with Crippen molar-refractivity contribution in [2.75, 3.05) is 13.2 Å². The number of hydrogen-bond acceptors (Lipinski definition) is 3. The fourth-order valence-electron chi connectivity index (χ4n) is 2.14. The van der Waals surface area contributed by atoms with Crippen LogP contribution < -0.4 is 0 Å². The predicted octanol–water partition coefficient (Wildman–Crippen LogP) is 1.63. The summed E-state index contributed by atoms with van der Waals surface area (Å²) in [4.78, 5) is 25.1. The molecule has 19 heavy (non-hydrogen) atoms. The molecular formula is C14H17NO4. The predicted molar refractivity (Wildman–Crippen MR) is 69.3 cm³/mol. The van der Waals surface area contributed by atoms with E-state index in [2.05, 4.69) is 0 Å². The van der Waals surface area contributed by atoms with Crippen LogP contribution in [0, 0.1) is 0 Å². The summed E-state index contributed by atoms with van der Waals surface area (Å²) in [5.74, 6) is -1.18. The summed E-state index contributed by atoms with van der Waals surface area (Å²) >= 11 is 0. The standard InChI is InChI=1S/C14H17NO4/c1-9-8-19-10(2)7-15(9)13(16)11-4-3-5-12(6-11)14(17)18/h3-6,9-10H,7-8H2,1-2H3,(H,17,18)/t9-,10-/m0/s1. The van der Waals surface area contributed by atoms with Gasteiger partial charge in [-0.2, -0.15) is 0 Å². The van der Waals surface area contributed by atoms with Gasteiger partial charge in [0.05, 0.1) is 24.3 Å². The molecule has 1 amide bonds. The van der Waals surface area contributed by atoms with E-state index in [1.165, 1.54) is 12.1 Å². The molecule has 1 fully saturated rings. The summed E-state index contributed by atoms with van der Waals surface area (Å²) in [6, 6.07) is 6.12. The molecule has 1 aliphatic rings. The van der Waals surface area contributed by atoms with Crippen LogP contribution in [-0.2, 0) is 4.74 Å². The van der Waals surface area contributed by atoms with Crippen LogP contribution in [0.25, 0.3) is 0 Å². The Morgan fingerprint density at radius 3 is 2.68 bits per heavy atom. The van der Waals surface area contributed by atoms with Crippen molar-refractivity contribution >= 4 is 11.9 Å². The van der Waals surface area contributed by atoms with E-state index in [4.69, 9.17) is 9.84 Å². The maximum atomic E-state index is 12.4. The number of nitrogens with zero attached hydrogens (tertiary/aromatic N) is 1. The molecule has 1 heterocycles. The first-order valence-electron chi connectivity index (χ1n) is 6.25. The number of ether oxygens (including phenoxy) is 1. The van der Waals surface area contributed by atoms with Crippen LogP contribution in [0.5, 0.6) is 0 Å². The molecular weight excluding hydrogens is 246 g/mol. The van der Waals surface area contributed by atoms with Crippen molar-refractivity contribution < 1.29 is 19.4 Å². The highest BCUT2D eigenvalue weighted by Crippen LogP contribution is 2.16. The topological polar surface area (TPSA) is 66.8 Å². The largest absolute Gasteiger partial charge is 0.478 e. The lowest BCUT2D eigenvalue weighted by Crippen LogP contribution is -2.50. The monoisotopic (exact) mass is 263 g/mol. The third-order valence-electron chi connectivity index (χ3n) is 3.23. The Hall–Kier alpha value is -1.88. The number of carboxylic acid groups (broad SMARTS) is 1. The lowest BCUT2D eigenvalue weighted by Gasteiger charge is -2.36. The number of aromatic carboxylic acids is 1. The molecule has 0 radical (unpaired) electrons. The number of hydrogen-bond donors (Lipinski definition) is 1. The lowest BCUT2D eigenvalue weighted by molar-refractivity contribution is -0.0387. The van der Waals surface area contributed by atoms with Gasteiger partial charge < -0.3 is 14.7 Å². The van der Waals surface area contributed by atoms with Crippen molar-refractivity contribution in [3.8, 4) is 0 Å². The van der Waals surface area contributed by atoms with E-state index in [9.17, 15) is 9.59 Å². The zero-order valence-corrected chi connectivity index (χ0v) is 11.0. The second-order valence-corrected chi connectivity index (χ2v) is 4.84. The summed E-state index contributed by atoms with van der Waals surface area (Å²) in [6.07, 6.45) is 0.00260. The molecule has 1 saturated heterocycles. The Kier molecular flexibility index (Phi) is 3.85. The van der Waals surface area contributed by atoms with E-state index in [0.717, 1.165) is 0 Å². The van der Waals surface area contributed by atoms with Gasteiger partial charge in [-0.1, -0.05) is 6.07 Å². The maximum absolute atomic E-state index is 12.4. The first-order chi connectivity index (χ1) is 8.99. The zero-order valence-electron chi connectivity index (χ0n) is 11.0. The van der Waals surface area contributed by atoms with Crippen LogP contribution in [-0.4, -0.2) is 47.2 Å². The molecule has 0 spiro atoms. The highest BCUT2D eigenvalue weighted by Gasteiger charge is 2.28. The summed E-state index contributed by atoms with van der Waals surface area (Å²) < 4.78 is 5.48. The Labute approximate surface area is 111 Å². The van der Waals surface area contributed by atoms with E-state index in [-0.39, 0.29) is 23.6 Å². The van der Waals surface area contributed by atoms with Gasteiger partial charge in [-0.05, 0) is 32.0 Å². The number of benzene rings is 1. The average Bonchev–Trinajstić information content (AvgIpc) is 2.41. The normalized spacial score (nSPS) is 23.2. The summed E-state index contributed by atoms with van der Waals surface area (Å²) in [5, 5.41) is 8.95. The highest BCUT2D eigenvalue weighted by molar-refractivity contribution is 5.97. The van der Waals surface area contributed by atoms with E-state index < -0.39 is 5.97 Å². The Morgan fingerprint density at radius 2 is 2.00 bits per heavy atom. The Bertz CT molecular complexity index is 500. The van der Waals surface area contributed by atoms with Gasteiger partial charge in [0.2, 0.25) is 0 Å². The molecule has 0 unspecified atom stereocenters. The van der Waals surface area contributed by atoms with Crippen molar-refractivity contribution in [2.24, 2.45) is 0 Å². The SMILES string of the molecule is C[C@H]1CN(C(=O)c2cccc(C(=O)O)c2)[C@@H](C)CO1. The van der Waals surface area contributed by atoms with Crippen LogP contribution >= 0.6 is 0 Å². The van der Waals surface area contributed by atoms with Crippen LogP contribution in [0.4, 0.5) is 0 Å². The van der Waals surface area contributed by atoms with Crippen molar-refractivity contribution in [3.05, 3.63) is 35.4 Å². The molecule has 0 aliphatic carbocycles. The van der Waals surface area contributed by atoms with Crippen LogP contribution in [0.1, 0.15) is 34.6 Å². The van der Waals surface area contributed by atoms with Crippen LogP contribution in [0.15, 0.2) is 24.3 Å². The summed E-state index contributed by atoms with van der Waals surface area (Å²) in [7, 11) is 0. The van der Waals surface area contributed by atoms with Gasteiger partial charge in [-0.3, -0.25) is 4.79 Å². The van der Waals surface area contributed by atoms with E-state index in [0.29, 0.717) is 18.7 Å². The van der Waals surface area contributed by atoms with E-state index in [1.807, 2.05) is 13.8 Å². The van der Waals surface area contributed by atoms with Crippen LogP contribution in [0.3, 0.4) is 0 Å². The number of carbonyl (C=O) groups excluding carboxylic acids is 1. The fraction of sp³-hybridized carbons (Fsp3) is 0.429. The highest BCUT2D eigenvalue weighted by atomic mass is 16.5. The molecule has 0 bridgehead atoms. The van der Waals surface area contributed by atoms with Crippen molar-refractivity contribution in [2.45, 2.75) is 26.0 Å². The average molecular weight is 263 g/mol. The Morgan fingerprint density at radius 1 is 1.32 bits per heavy atom. The van der Waals surface area contributed by atoms with Crippen LogP contribution in [0.2, 0.25) is 0 Å². The lowest BCUT2D eigenvalue weighted by atomic mass is 10.1. The number of morpholine rings is 1. The number of amides is 1. The van der Waals surface area contributed by atoms with Gasteiger partial charge in [0, 0.05) is 12.1 Å². The van der Waals surface area contributed by atoms with E-state index >= 15 is 0 Å². The Balaban J connectivity index is 2.23. The minimum absolute atomic E-state index is 0.00260. The molecule has 0 saturated carbocycles. The van der Waals surface area contributed by atoms with Crippen molar-refractivity contribution in [1.82, 2.24) is 4.90 Å². The number of carbonyl (C=O) groups is 2. The summed E-state index contributed by atoms with van der Waals surface area (Å²) in [6.45, 7) is 4.87. The first-order valence-corrected chi connectivity index (χ1v) is 6.25.